The molecule has 0 aliphatic rings. The second-order valence-electron chi connectivity index (χ2n) is 23.3. The Morgan fingerprint density at radius 1 is 0.500 bits per heavy atom. The van der Waals surface area contributed by atoms with E-state index < -0.39 is 38.1 Å². The average Bonchev–Trinajstić information content (AvgIpc) is 1.75. The summed E-state index contributed by atoms with van der Waals surface area (Å²) in [5.41, 5.74) is 10.9. The van der Waals surface area contributed by atoms with Gasteiger partial charge >= 0.3 is 31.0 Å². The Hall–Kier alpha value is -12.1. The number of halogens is 4. The molecular weight excluding hydrogens is 1740 g/mol. The molecule has 13 aromatic rings. The first-order chi connectivity index (χ1) is 56.1. The summed E-state index contributed by atoms with van der Waals surface area (Å²) in [4.78, 5) is 89.1. The number of amides is 1. The number of benzene rings is 6. The number of nitrogens with zero attached hydrogens (tertiary/aromatic N) is 7. The number of methoxy groups -OCH3 is 3. The smallest absolute Gasteiger partial charge is 0.478 e. The molecule has 1 amide bonds. The lowest BCUT2D eigenvalue weighted by molar-refractivity contribution is 0.0584. The van der Waals surface area contributed by atoms with Crippen molar-refractivity contribution in [3.8, 4) is 56.9 Å². The number of carboxylic acids is 1. The Kier molecular flexibility index (Phi) is 40.7. The van der Waals surface area contributed by atoms with Gasteiger partial charge in [-0.15, -0.1) is 24.0 Å². The van der Waals surface area contributed by atoms with E-state index in [0.717, 1.165) is 61.9 Å². The molecule has 32 heteroatoms. The van der Waals surface area contributed by atoms with E-state index >= 15 is 0 Å². The summed E-state index contributed by atoms with van der Waals surface area (Å²) in [6.07, 6.45) is 3.62. The predicted molar refractivity (Wildman–Crippen MR) is 461 cm³/mol. The zero-order chi connectivity index (χ0) is 84.3. The Labute approximate surface area is 705 Å². The number of carboxylic acid groups (broad SMARTS) is 1. The number of aromatic carboxylic acids is 1. The van der Waals surface area contributed by atoms with E-state index in [9.17, 15) is 33.2 Å². The summed E-state index contributed by atoms with van der Waals surface area (Å²) < 4.78 is 52.1. The van der Waals surface area contributed by atoms with Crippen LogP contribution >= 0.6 is 55.8 Å². The number of fused-ring (bicyclic) bond motifs is 2. The van der Waals surface area contributed by atoms with E-state index in [1.165, 1.54) is 50.5 Å². The van der Waals surface area contributed by atoms with E-state index in [4.69, 9.17) is 35.5 Å². The summed E-state index contributed by atoms with van der Waals surface area (Å²) >= 11 is 6.27. The molecule has 0 bridgehead atoms. The zero-order valence-electron chi connectivity index (χ0n) is 65.8. The number of aromatic nitrogens is 9. The van der Waals surface area contributed by atoms with Crippen molar-refractivity contribution in [2.24, 2.45) is 0 Å². The van der Waals surface area contributed by atoms with Gasteiger partial charge in [0.1, 0.15) is 11.4 Å². The van der Waals surface area contributed by atoms with Gasteiger partial charge in [0.2, 0.25) is 23.5 Å². The van der Waals surface area contributed by atoms with Crippen molar-refractivity contribution in [2.75, 3.05) is 69.0 Å². The average molecular weight is 1830 g/mol. The quantitative estimate of drug-likeness (QED) is 0.0152. The Bertz CT molecular complexity index is 5310. The van der Waals surface area contributed by atoms with Crippen molar-refractivity contribution in [3.05, 3.63) is 290 Å². The van der Waals surface area contributed by atoms with Crippen LogP contribution in [0.4, 0.5) is 4.39 Å². The van der Waals surface area contributed by atoms with Crippen LogP contribution in [0.2, 0.25) is 0 Å². The normalized spacial score (nSPS) is 10.0. The molecule has 0 atom stereocenters. The van der Waals surface area contributed by atoms with Crippen LogP contribution in [0.3, 0.4) is 0 Å². The minimum Gasteiger partial charge on any atom is -0.478 e. The first-order valence-electron chi connectivity index (χ1n) is 36.1. The minimum absolute atomic E-state index is 0. The van der Waals surface area contributed by atoms with E-state index in [1.807, 2.05) is 174 Å². The highest BCUT2D eigenvalue weighted by molar-refractivity contribution is 14.0. The molecule has 7 aromatic heterocycles. The number of rotatable bonds is 21. The molecule has 7 heterocycles. The molecule has 0 saturated heterocycles. The van der Waals surface area contributed by atoms with Gasteiger partial charge in [-0.05, 0) is 161 Å². The van der Waals surface area contributed by atoms with E-state index in [2.05, 4.69) is 109 Å². The summed E-state index contributed by atoms with van der Waals surface area (Å²) in [5.74, 6) is -1.07. The lowest BCUT2D eigenvalue weighted by Gasteiger charge is -2.18. The van der Waals surface area contributed by atoms with Gasteiger partial charge in [-0.2, -0.15) is 10.2 Å². The van der Waals surface area contributed by atoms with Crippen LogP contribution in [-0.2, 0) is 27.3 Å². The van der Waals surface area contributed by atoms with Crippen LogP contribution in [-0.4, -0.2) is 171 Å². The highest BCUT2D eigenvalue weighted by Gasteiger charge is 2.21. The van der Waals surface area contributed by atoms with Gasteiger partial charge in [0.25, 0.3) is 11.5 Å². The molecule has 0 saturated carbocycles. The number of alkyl halides is 1. The molecule has 0 fully saturated rings. The predicted octanol–water partition coefficient (Wildman–Crippen LogP) is 14.9. The van der Waals surface area contributed by atoms with Gasteiger partial charge in [0.15, 0.2) is 17.1 Å². The first kappa shape index (κ1) is 92.8. The molecule has 116 heavy (non-hydrogen) atoms. The lowest BCUT2D eigenvalue weighted by Crippen LogP contribution is -2.29. The molecule has 0 spiro atoms. The van der Waals surface area contributed by atoms with Crippen LogP contribution in [0.1, 0.15) is 92.6 Å². The number of carbonyl (C=O) groups excluding carboxylic acids is 4. The van der Waals surface area contributed by atoms with Gasteiger partial charge in [-0.1, -0.05) is 158 Å². The van der Waals surface area contributed by atoms with Gasteiger partial charge in [0, 0.05) is 47.6 Å². The second-order valence-corrected chi connectivity index (χ2v) is 25.0. The fraction of sp³-hybridized carbons (Fsp3) is 0.190. The van der Waals surface area contributed by atoms with E-state index in [-0.39, 0.29) is 58.2 Å². The fourth-order valence-electron chi connectivity index (χ4n) is 10.3. The number of hydrogen-bond donors (Lipinski definition) is 7. The Balaban J connectivity index is 0.000000249. The maximum Gasteiger partial charge on any atom is 0.488 e. The standard InChI is InChI=1S/C23H22N4O2.C15H15NO3.C14H13NO3.C9H10BrNO3.C9H11N3.C7H6BrNO3.C6H7BO2.CH3F.HI/c1-3-29-22-19(16-8-5-4-6-9-16)12-13-20(25-22)23(28)27(2)15-18-11-7-10-17-14-24-26-21(17)18;1-3-19-14-12(11-7-5-4-6-8-11)9-10-13(16-14)15(17)18-2;1-2-18-13-11(10-6-4-3-5-7-10)8-9-12(15-13)14(16)17;1-3-14-8-6(10)4-5-7(11-8)9(12)13-2;1-10-5-7-3-2-4-8-6-11-12-9(7)8;1-12-7(11)5-3-2-4(8)6(10)9-5;8-7(9)6-4-2-1-3-5-6;1-2;/h4-14H,3,15H2,1-2H3,(H,24,26);4-10H,3H2,1-2H3;3-9H,2H2,1H3,(H,16,17);4-5H,3H2,1-2H3;2-4,6,10H,5H2,1H3,(H,11,12);2-3H,1H3,(H,9,10);1-5,8-9H;1H3;1H/i;;;;;;;1D;. The topological polar surface area (TPSA) is 368 Å². The van der Waals surface area contributed by atoms with E-state index in [0.29, 0.717) is 76.6 Å². The van der Waals surface area contributed by atoms with Crippen molar-refractivity contribution >= 4 is 120 Å². The molecule has 0 unspecified atom stereocenters. The second kappa shape index (κ2) is 50.9. The number of para-hydroxylation sites is 2. The fourth-order valence-corrected chi connectivity index (χ4v) is 10.8. The number of H-pyrrole nitrogens is 3. The summed E-state index contributed by atoms with van der Waals surface area (Å²) in [5, 5.41) is 45.4. The van der Waals surface area contributed by atoms with Crippen molar-refractivity contribution in [1.29, 1.82) is 0 Å². The molecule has 13 rings (SSSR count). The number of carbonyl (C=O) groups is 5. The maximum absolute atomic E-state index is 13.0. The Morgan fingerprint density at radius 3 is 1.29 bits per heavy atom. The molecule has 606 valence electrons. The lowest BCUT2D eigenvalue weighted by atomic mass is 9.81. The number of nitrogens with one attached hydrogen (secondary N) is 4. The SMILES string of the molecule is CCOc1nc(C(=O)N(C)Cc2cccc3cn[nH]c23)ccc1-c1ccccc1.CCOc1nc(C(=O)O)ccc1-c1ccccc1.CCOc1nc(C(=O)OC)ccc1-c1ccccc1.CCOc1nc(C(=O)OC)ccc1Br.CNCc1cccc2cn[nH]c12.COC(=O)c1ccc(Br)c(=O)[nH]1.I.OB(O)c1ccccc1.[2H]CF. The maximum atomic E-state index is 13.0. The minimum atomic E-state index is -1.34. The van der Waals surface area contributed by atoms with E-state index in [1.54, 1.807) is 72.7 Å². The van der Waals surface area contributed by atoms with Crippen LogP contribution in [0, 0.1) is 0 Å². The van der Waals surface area contributed by atoms with Crippen LogP contribution < -0.4 is 35.3 Å². The molecule has 6 aromatic carbocycles. The van der Waals surface area contributed by atoms with Gasteiger partial charge in [-0.3, -0.25) is 24.2 Å². The summed E-state index contributed by atoms with van der Waals surface area (Å²) in [6, 6.07) is 66.6. The van der Waals surface area contributed by atoms with Gasteiger partial charge in [0.05, 0.1) is 88.7 Å². The number of hydrogen-bond acceptors (Lipinski definition) is 22. The van der Waals surface area contributed by atoms with Crippen LogP contribution in [0.25, 0.3) is 55.2 Å². The van der Waals surface area contributed by atoms with Crippen molar-refractivity contribution in [2.45, 2.75) is 40.8 Å². The zero-order valence-corrected chi connectivity index (χ0v) is 70.3. The number of aromatic amines is 3. The van der Waals surface area contributed by atoms with Crippen molar-refractivity contribution < 1.29 is 78.0 Å². The van der Waals surface area contributed by atoms with Crippen LogP contribution in [0.5, 0.6) is 23.5 Å². The van der Waals surface area contributed by atoms with Crippen LogP contribution in [0.15, 0.2) is 245 Å². The molecule has 7 N–H and O–H groups in total. The molecule has 0 radical (unpaired) electrons. The molecular formula is C84H88BBr2FIN11O16. The summed E-state index contributed by atoms with van der Waals surface area (Å²) in [6.45, 7) is 10.7. The number of esters is 3. The largest absolute Gasteiger partial charge is 0.488 e. The monoisotopic (exact) mass is 1820 g/mol. The van der Waals surface area contributed by atoms with Crippen molar-refractivity contribution in [3.63, 3.8) is 0 Å². The highest BCUT2D eigenvalue weighted by Crippen LogP contribution is 2.32. The third kappa shape index (κ3) is 28.8. The van der Waals surface area contributed by atoms with Gasteiger partial charge < -0.3 is 63.5 Å². The third-order valence-electron chi connectivity index (χ3n) is 15.6. The molecule has 27 nitrogen and oxygen atoms in total. The highest BCUT2D eigenvalue weighted by atomic mass is 127. The van der Waals surface area contributed by atoms with Gasteiger partial charge in [-0.25, -0.2) is 39.1 Å². The summed E-state index contributed by atoms with van der Waals surface area (Å²) in [7, 11) is 5.26. The third-order valence-corrected chi connectivity index (χ3v) is 16.8. The number of pyridine rings is 5. The first-order valence-corrected chi connectivity index (χ1v) is 36.9. The Morgan fingerprint density at radius 2 is 0.879 bits per heavy atom. The van der Waals surface area contributed by atoms with Crippen molar-refractivity contribution in [1.82, 2.24) is 55.5 Å². The molecule has 0 aliphatic carbocycles. The molecule has 0 aliphatic heterocycles. The number of ether oxygens (including phenoxy) is 7.